The standard InChI is InChI=1S/C16H18ClN3O3S2/c17-12-6-10(7-13-14(12)23-5-4-22-13)9-24-16-20-19-15(25-16)18-8-11-2-1-3-21-11/h6-7,11H,1-5,8-9H2,(H,18,19). The van der Waals surface area contributed by atoms with Gasteiger partial charge in [-0.2, -0.15) is 0 Å². The van der Waals surface area contributed by atoms with E-state index in [0.717, 1.165) is 46.8 Å². The van der Waals surface area contributed by atoms with Gasteiger partial charge in [0, 0.05) is 18.9 Å². The van der Waals surface area contributed by atoms with Crippen LogP contribution >= 0.6 is 34.7 Å². The number of aromatic nitrogens is 2. The van der Waals surface area contributed by atoms with Crippen molar-refractivity contribution in [3.63, 3.8) is 0 Å². The van der Waals surface area contributed by atoms with Gasteiger partial charge in [-0.25, -0.2) is 0 Å². The fourth-order valence-electron chi connectivity index (χ4n) is 2.74. The summed E-state index contributed by atoms with van der Waals surface area (Å²) in [6, 6.07) is 3.89. The molecule has 1 N–H and O–H groups in total. The van der Waals surface area contributed by atoms with Gasteiger partial charge in [0.05, 0.1) is 11.1 Å². The number of hydrogen-bond donors (Lipinski definition) is 1. The Hall–Kier alpha value is -1.22. The molecule has 0 spiro atoms. The SMILES string of the molecule is Clc1cc(CSc2nnc(NCC3CCCO3)s2)cc2c1OCCO2. The molecule has 0 saturated carbocycles. The molecule has 1 saturated heterocycles. The van der Waals surface area contributed by atoms with E-state index in [1.54, 1.807) is 23.1 Å². The molecule has 4 rings (SSSR count). The number of fused-ring (bicyclic) bond motifs is 1. The van der Waals surface area contributed by atoms with Crippen molar-refractivity contribution in [3.05, 3.63) is 22.7 Å². The van der Waals surface area contributed by atoms with Gasteiger partial charge in [-0.05, 0) is 30.5 Å². The zero-order valence-corrected chi connectivity index (χ0v) is 15.9. The molecule has 134 valence electrons. The molecule has 0 bridgehead atoms. The molecule has 0 aliphatic carbocycles. The normalized spacial score (nSPS) is 19.2. The molecule has 1 aromatic heterocycles. The number of anilines is 1. The van der Waals surface area contributed by atoms with Crippen LogP contribution in [0.2, 0.25) is 5.02 Å². The fourth-order valence-corrected chi connectivity index (χ4v) is 4.72. The van der Waals surface area contributed by atoms with Crippen molar-refractivity contribution in [2.45, 2.75) is 29.0 Å². The highest BCUT2D eigenvalue weighted by Crippen LogP contribution is 2.40. The van der Waals surface area contributed by atoms with Gasteiger partial charge in [0.25, 0.3) is 0 Å². The third-order valence-corrected chi connectivity index (χ3v) is 6.30. The maximum atomic E-state index is 6.28. The maximum absolute atomic E-state index is 6.28. The second kappa shape index (κ2) is 7.99. The van der Waals surface area contributed by atoms with E-state index in [2.05, 4.69) is 15.5 Å². The predicted molar refractivity (Wildman–Crippen MR) is 99.4 cm³/mol. The van der Waals surface area contributed by atoms with Crippen molar-refractivity contribution >= 4 is 39.8 Å². The van der Waals surface area contributed by atoms with Gasteiger partial charge in [-0.3, -0.25) is 0 Å². The Morgan fingerprint density at radius 1 is 1.24 bits per heavy atom. The number of thioether (sulfide) groups is 1. The highest BCUT2D eigenvalue weighted by atomic mass is 35.5. The van der Waals surface area contributed by atoms with Crippen LogP contribution in [0.1, 0.15) is 18.4 Å². The summed E-state index contributed by atoms with van der Waals surface area (Å²) in [6.07, 6.45) is 2.54. The Kier molecular flexibility index (Phi) is 5.50. The first-order chi connectivity index (χ1) is 12.3. The second-order valence-electron chi connectivity index (χ2n) is 5.78. The predicted octanol–water partition coefficient (Wildman–Crippen LogP) is 3.85. The number of nitrogens with zero attached hydrogens (tertiary/aromatic N) is 2. The topological polar surface area (TPSA) is 65.5 Å². The summed E-state index contributed by atoms with van der Waals surface area (Å²) >= 11 is 9.46. The molecule has 0 radical (unpaired) electrons. The molecule has 6 nitrogen and oxygen atoms in total. The van der Waals surface area contributed by atoms with Crippen LogP contribution in [0.25, 0.3) is 0 Å². The average Bonchev–Trinajstić information content (AvgIpc) is 3.30. The Labute approximate surface area is 159 Å². The van der Waals surface area contributed by atoms with Gasteiger partial charge in [0.2, 0.25) is 5.13 Å². The van der Waals surface area contributed by atoms with Gasteiger partial charge in [0.15, 0.2) is 15.8 Å². The lowest BCUT2D eigenvalue weighted by Crippen LogP contribution is -2.18. The van der Waals surface area contributed by atoms with E-state index in [0.29, 0.717) is 35.8 Å². The second-order valence-corrected chi connectivity index (χ2v) is 8.39. The van der Waals surface area contributed by atoms with Gasteiger partial charge in [0.1, 0.15) is 13.2 Å². The van der Waals surface area contributed by atoms with Crippen LogP contribution in [0.5, 0.6) is 11.5 Å². The van der Waals surface area contributed by atoms with Gasteiger partial charge < -0.3 is 19.5 Å². The molecular formula is C16H18ClN3O3S2. The zero-order chi connectivity index (χ0) is 17.1. The summed E-state index contributed by atoms with van der Waals surface area (Å²) in [7, 11) is 0. The average molecular weight is 400 g/mol. The van der Waals surface area contributed by atoms with Gasteiger partial charge >= 0.3 is 0 Å². The van der Waals surface area contributed by atoms with Gasteiger partial charge in [-0.1, -0.05) is 34.7 Å². The molecule has 3 heterocycles. The lowest BCUT2D eigenvalue weighted by Gasteiger charge is -2.20. The number of halogens is 1. The molecule has 25 heavy (non-hydrogen) atoms. The number of rotatable bonds is 6. The van der Waals surface area contributed by atoms with Crippen molar-refractivity contribution in [2.75, 3.05) is 31.7 Å². The molecule has 1 atom stereocenters. The quantitative estimate of drug-likeness (QED) is 0.740. The summed E-state index contributed by atoms with van der Waals surface area (Å²) < 4.78 is 17.7. The van der Waals surface area contributed by atoms with Crippen LogP contribution in [0.4, 0.5) is 5.13 Å². The first-order valence-corrected chi connectivity index (χ1v) is 10.4. The molecule has 9 heteroatoms. The number of hydrogen-bond acceptors (Lipinski definition) is 8. The molecule has 1 fully saturated rings. The largest absolute Gasteiger partial charge is 0.486 e. The van der Waals surface area contributed by atoms with E-state index in [1.807, 2.05) is 12.1 Å². The van der Waals surface area contributed by atoms with Gasteiger partial charge in [-0.15, -0.1) is 10.2 Å². The Morgan fingerprint density at radius 2 is 2.16 bits per heavy atom. The monoisotopic (exact) mass is 399 g/mol. The van der Waals surface area contributed by atoms with Crippen LogP contribution in [-0.4, -0.2) is 42.7 Å². The fraction of sp³-hybridized carbons (Fsp3) is 0.500. The smallest absolute Gasteiger partial charge is 0.206 e. The molecule has 0 amide bonds. The van der Waals surface area contributed by atoms with E-state index in [1.165, 1.54) is 0 Å². The maximum Gasteiger partial charge on any atom is 0.206 e. The summed E-state index contributed by atoms with van der Waals surface area (Å²) in [4.78, 5) is 0. The van der Waals surface area contributed by atoms with E-state index < -0.39 is 0 Å². The molecule has 2 aliphatic heterocycles. The van der Waals surface area contributed by atoms with Crippen LogP contribution in [0.15, 0.2) is 16.5 Å². The van der Waals surface area contributed by atoms with E-state index in [9.17, 15) is 0 Å². The third kappa shape index (κ3) is 4.31. The first-order valence-electron chi connectivity index (χ1n) is 8.18. The van der Waals surface area contributed by atoms with E-state index >= 15 is 0 Å². The van der Waals surface area contributed by atoms with Crippen LogP contribution in [-0.2, 0) is 10.5 Å². The molecule has 1 unspecified atom stereocenters. The molecular weight excluding hydrogens is 382 g/mol. The Bertz CT molecular complexity index is 737. The zero-order valence-electron chi connectivity index (χ0n) is 13.5. The summed E-state index contributed by atoms with van der Waals surface area (Å²) in [5.41, 5.74) is 1.07. The lowest BCUT2D eigenvalue weighted by atomic mass is 10.2. The third-order valence-electron chi connectivity index (χ3n) is 3.93. The van der Waals surface area contributed by atoms with E-state index in [-0.39, 0.29) is 0 Å². The number of nitrogens with one attached hydrogen (secondary N) is 1. The summed E-state index contributed by atoms with van der Waals surface area (Å²) in [6.45, 7) is 2.74. The van der Waals surface area contributed by atoms with Crippen LogP contribution in [0, 0.1) is 0 Å². The first kappa shape index (κ1) is 17.2. The minimum absolute atomic E-state index is 0.292. The Morgan fingerprint density at radius 3 is 3.04 bits per heavy atom. The van der Waals surface area contributed by atoms with Crippen molar-refractivity contribution < 1.29 is 14.2 Å². The summed E-state index contributed by atoms with van der Waals surface area (Å²) in [5, 5.41) is 13.1. The minimum Gasteiger partial charge on any atom is -0.486 e. The van der Waals surface area contributed by atoms with Crippen molar-refractivity contribution in [1.82, 2.24) is 10.2 Å². The highest BCUT2D eigenvalue weighted by molar-refractivity contribution is 8.00. The van der Waals surface area contributed by atoms with Crippen LogP contribution in [0.3, 0.4) is 0 Å². The van der Waals surface area contributed by atoms with Crippen molar-refractivity contribution in [3.8, 4) is 11.5 Å². The van der Waals surface area contributed by atoms with Crippen molar-refractivity contribution in [2.24, 2.45) is 0 Å². The van der Waals surface area contributed by atoms with E-state index in [4.69, 9.17) is 25.8 Å². The molecule has 1 aromatic carbocycles. The van der Waals surface area contributed by atoms with Crippen molar-refractivity contribution in [1.29, 1.82) is 0 Å². The Balaban J connectivity index is 1.33. The molecule has 2 aromatic rings. The minimum atomic E-state index is 0.292. The highest BCUT2D eigenvalue weighted by Gasteiger charge is 2.18. The number of ether oxygens (including phenoxy) is 3. The number of benzene rings is 1. The van der Waals surface area contributed by atoms with Crippen LogP contribution < -0.4 is 14.8 Å². The molecule has 2 aliphatic rings. The lowest BCUT2D eigenvalue weighted by molar-refractivity contribution is 0.120. The summed E-state index contributed by atoms with van der Waals surface area (Å²) in [5.74, 6) is 2.10.